The van der Waals surface area contributed by atoms with Gasteiger partial charge in [-0.2, -0.15) is 4.98 Å². The van der Waals surface area contributed by atoms with E-state index in [4.69, 9.17) is 23.2 Å². The summed E-state index contributed by atoms with van der Waals surface area (Å²) in [5, 5.41) is 13.4. The average Bonchev–Trinajstić information content (AvgIpc) is 3.05. The Labute approximate surface area is 164 Å². The van der Waals surface area contributed by atoms with Gasteiger partial charge in [0.2, 0.25) is 5.28 Å². The van der Waals surface area contributed by atoms with Crippen LogP contribution in [0.2, 0.25) is 10.3 Å². The van der Waals surface area contributed by atoms with Crippen LogP contribution in [0.25, 0.3) is 21.3 Å². The second kappa shape index (κ2) is 6.76. The topological polar surface area (TPSA) is 49.2 Å². The van der Waals surface area contributed by atoms with E-state index in [1.165, 1.54) is 11.3 Å². The minimum atomic E-state index is 0.197. The van der Waals surface area contributed by atoms with Gasteiger partial charge in [0.1, 0.15) is 16.4 Å². The summed E-state index contributed by atoms with van der Waals surface area (Å²) in [6, 6.07) is 14.6. The molecule has 2 heterocycles. The van der Waals surface area contributed by atoms with Gasteiger partial charge in [0.15, 0.2) is 0 Å². The van der Waals surface area contributed by atoms with E-state index in [9.17, 15) is 5.11 Å². The predicted molar refractivity (Wildman–Crippen MR) is 109 cm³/mol. The molecule has 0 bridgehead atoms. The first-order valence-corrected chi connectivity index (χ1v) is 9.40. The summed E-state index contributed by atoms with van der Waals surface area (Å²) in [5.74, 6) is 0.919. The van der Waals surface area contributed by atoms with Crippen molar-refractivity contribution in [1.82, 2.24) is 9.97 Å². The van der Waals surface area contributed by atoms with Crippen LogP contribution in [0.15, 0.2) is 53.9 Å². The van der Waals surface area contributed by atoms with Gasteiger partial charge >= 0.3 is 0 Å². The van der Waals surface area contributed by atoms with E-state index in [1.807, 2.05) is 53.7 Å². The molecule has 130 valence electrons. The molecule has 4 nitrogen and oxygen atoms in total. The van der Waals surface area contributed by atoms with Crippen LogP contribution in [-0.4, -0.2) is 22.1 Å². The third-order valence-electron chi connectivity index (χ3n) is 4.10. The van der Waals surface area contributed by atoms with Gasteiger partial charge in [-0.05, 0) is 53.6 Å². The lowest BCUT2D eigenvalue weighted by Crippen LogP contribution is -2.12. The molecule has 2 aromatic heterocycles. The molecule has 0 saturated carbocycles. The highest BCUT2D eigenvalue weighted by molar-refractivity contribution is 7.17. The van der Waals surface area contributed by atoms with Crippen molar-refractivity contribution in [3.8, 4) is 16.9 Å². The maximum atomic E-state index is 9.53. The van der Waals surface area contributed by atoms with Gasteiger partial charge in [-0.25, -0.2) is 4.98 Å². The first kappa shape index (κ1) is 17.1. The molecule has 0 saturated heterocycles. The number of aromatic hydroxyl groups is 1. The third kappa shape index (κ3) is 3.09. The molecule has 0 aliphatic heterocycles. The molecule has 2 aromatic carbocycles. The number of anilines is 2. The maximum Gasteiger partial charge on any atom is 0.225 e. The number of fused-ring (bicyclic) bond motifs is 1. The normalized spacial score (nSPS) is 11.0. The highest BCUT2D eigenvalue weighted by Crippen LogP contribution is 2.40. The van der Waals surface area contributed by atoms with Crippen molar-refractivity contribution in [1.29, 1.82) is 0 Å². The molecule has 0 aliphatic rings. The van der Waals surface area contributed by atoms with Crippen molar-refractivity contribution in [3.05, 3.63) is 64.2 Å². The Kier molecular flexibility index (Phi) is 4.44. The fraction of sp³-hybridized carbons (Fsp3) is 0.0526. The second-order valence-electron chi connectivity index (χ2n) is 5.73. The zero-order chi connectivity index (χ0) is 18.3. The summed E-state index contributed by atoms with van der Waals surface area (Å²) >= 11 is 13.7. The average molecular weight is 402 g/mol. The van der Waals surface area contributed by atoms with Gasteiger partial charge in [0.25, 0.3) is 0 Å². The first-order chi connectivity index (χ1) is 12.5. The Hall–Kier alpha value is -2.34. The van der Waals surface area contributed by atoms with Crippen molar-refractivity contribution in [2.24, 2.45) is 0 Å². The molecule has 7 heteroatoms. The van der Waals surface area contributed by atoms with Crippen LogP contribution in [0.1, 0.15) is 0 Å². The lowest BCUT2D eigenvalue weighted by atomic mass is 10.1. The van der Waals surface area contributed by atoms with Crippen LogP contribution in [-0.2, 0) is 0 Å². The highest BCUT2D eigenvalue weighted by atomic mass is 35.5. The molecule has 4 aromatic rings. The molecule has 0 spiro atoms. The van der Waals surface area contributed by atoms with Crippen LogP contribution in [0.3, 0.4) is 0 Å². The number of rotatable bonds is 3. The summed E-state index contributed by atoms with van der Waals surface area (Å²) in [6.07, 6.45) is 0. The molecule has 0 unspecified atom stereocenters. The van der Waals surface area contributed by atoms with Crippen LogP contribution in [0.5, 0.6) is 5.75 Å². The number of nitrogens with zero attached hydrogens (tertiary/aromatic N) is 3. The SMILES string of the molecule is CN(c1ccc(O)cc1)c1nc(Cl)nc2scc(-c3ccc(Cl)cc3)c12. The molecular formula is C19H13Cl2N3OS. The standard InChI is InChI=1S/C19H13Cl2N3OS/c1-24(13-6-8-14(25)9-7-13)17-16-15(11-2-4-12(20)5-3-11)10-26-18(16)23-19(21)22-17/h2-10,25H,1H3. The van der Waals surface area contributed by atoms with Crippen molar-refractivity contribution >= 4 is 56.3 Å². The van der Waals surface area contributed by atoms with Crippen molar-refractivity contribution in [3.63, 3.8) is 0 Å². The third-order valence-corrected chi connectivity index (χ3v) is 5.39. The number of hydrogen-bond acceptors (Lipinski definition) is 5. The van der Waals surface area contributed by atoms with Gasteiger partial charge in [-0.15, -0.1) is 11.3 Å². The zero-order valence-electron chi connectivity index (χ0n) is 13.6. The molecule has 0 fully saturated rings. The van der Waals surface area contributed by atoms with E-state index in [2.05, 4.69) is 9.97 Å². The van der Waals surface area contributed by atoms with Gasteiger partial charge in [0.05, 0.1) is 5.39 Å². The van der Waals surface area contributed by atoms with E-state index >= 15 is 0 Å². The summed E-state index contributed by atoms with van der Waals surface area (Å²) in [4.78, 5) is 11.6. The number of thiophene rings is 1. The summed E-state index contributed by atoms with van der Waals surface area (Å²) < 4.78 is 0. The number of aromatic nitrogens is 2. The summed E-state index contributed by atoms with van der Waals surface area (Å²) in [7, 11) is 1.91. The molecule has 1 N–H and O–H groups in total. The summed E-state index contributed by atoms with van der Waals surface area (Å²) in [6.45, 7) is 0. The molecule has 0 atom stereocenters. The fourth-order valence-corrected chi connectivity index (χ4v) is 4.06. The Morgan fingerprint density at radius 3 is 2.35 bits per heavy atom. The number of halogens is 2. The Bertz CT molecular complexity index is 1080. The lowest BCUT2D eigenvalue weighted by Gasteiger charge is -2.20. The van der Waals surface area contributed by atoms with Gasteiger partial charge in [-0.3, -0.25) is 0 Å². The number of benzene rings is 2. The highest BCUT2D eigenvalue weighted by Gasteiger charge is 2.18. The maximum absolute atomic E-state index is 9.53. The summed E-state index contributed by atoms with van der Waals surface area (Å²) in [5.41, 5.74) is 2.94. The van der Waals surface area contributed by atoms with E-state index < -0.39 is 0 Å². The molecule has 26 heavy (non-hydrogen) atoms. The minimum absolute atomic E-state index is 0.197. The predicted octanol–water partition coefficient (Wildman–Crippen LogP) is 6.14. The van der Waals surface area contributed by atoms with Crippen LogP contribution in [0.4, 0.5) is 11.5 Å². The van der Waals surface area contributed by atoms with Crippen molar-refractivity contribution in [2.75, 3.05) is 11.9 Å². The fourth-order valence-electron chi connectivity index (χ4n) is 2.78. The van der Waals surface area contributed by atoms with E-state index in [-0.39, 0.29) is 11.0 Å². The van der Waals surface area contributed by atoms with E-state index in [1.54, 1.807) is 12.1 Å². The van der Waals surface area contributed by atoms with Crippen LogP contribution < -0.4 is 4.90 Å². The van der Waals surface area contributed by atoms with Gasteiger partial charge in [-0.1, -0.05) is 23.7 Å². The minimum Gasteiger partial charge on any atom is -0.508 e. The van der Waals surface area contributed by atoms with Crippen LogP contribution >= 0.6 is 34.5 Å². The lowest BCUT2D eigenvalue weighted by molar-refractivity contribution is 0.475. The van der Waals surface area contributed by atoms with E-state index in [0.717, 1.165) is 27.0 Å². The second-order valence-corrected chi connectivity index (χ2v) is 7.36. The number of phenolic OH excluding ortho intramolecular Hbond substituents is 1. The van der Waals surface area contributed by atoms with Gasteiger partial charge < -0.3 is 10.0 Å². The largest absolute Gasteiger partial charge is 0.508 e. The molecule has 0 radical (unpaired) electrons. The number of hydrogen-bond donors (Lipinski definition) is 1. The van der Waals surface area contributed by atoms with E-state index in [0.29, 0.717) is 10.8 Å². The zero-order valence-corrected chi connectivity index (χ0v) is 16.0. The van der Waals surface area contributed by atoms with Crippen molar-refractivity contribution < 1.29 is 5.11 Å². The first-order valence-electron chi connectivity index (χ1n) is 7.76. The van der Waals surface area contributed by atoms with Crippen LogP contribution in [0, 0.1) is 0 Å². The monoisotopic (exact) mass is 401 g/mol. The molecule has 0 amide bonds. The Balaban J connectivity index is 1.92. The Morgan fingerprint density at radius 1 is 0.962 bits per heavy atom. The van der Waals surface area contributed by atoms with Gasteiger partial charge in [0, 0.05) is 28.7 Å². The van der Waals surface area contributed by atoms with Crippen molar-refractivity contribution in [2.45, 2.75) is 0 Å². The molecule has 4 rings (SSSR count). The smallest absolute Gasteiger partial charge is 0.225 e. The Morgan fingerprint density at radius 2 is 1.65 bits per heavy atom. The quantitative estimate of drug-likeness (QED) is 0.418. The number of phenols is 1. The molecular weight excluding hydrogens is 389 g/mol. The molecule has 0 aliphatic carbocycles.